The van der Waals surface area contributed by atoms with E-state index in [1.807, 2.05) is 57.2 Å². The van der Waals surface area contributed by atoms with Crippen LogP contribution in [0.1, 0.15) is 46.9 Å². The fraction of sp³-hybridized carbons (Fsp3) is 0.300. The predicted molar refractivity (Wildman–Crippen MR) is 93.8 cm³/mol. The summed E-state index contributed by atoms with van der Waals surface area (Å²) in [6, 6.07) is 14.9. The summed E-state index contributed by atoms with van der Waals surface area (Å²) in [7, 11) is 0. The van der Waals surface area contributed by atoms with E-state index in [0.29, 0.717) is 5.56 Å². The van der Waals surface area contributed by atoms with Crippen molar-refractivity contribution in [3.63, 3.8) is 0 Å². The number of ether oxygens (including phenoxy) is 1. The van der Waals surface area contributed by atoms with Crippen molar-refractivity contribution in [2.75, 3.05) is 0 Å². The maximum absolute atomic E-state index is 12.3. The Morgan fingerprint density at radius 1 is 0.958 bits per heavy atom. The van der Waals surface area contributed by atoms with Crippen LogP contribution >= 0.6 is 0 Å². The Bertz CT molecular complexity index is 725. The molecule has 0 aromatic heterocycles. The maximum atomic E-state index is 12.3. The number of hydrogen-bond acceptors (Lipinski definition) is 3. The lowest BCUT2D eigenvalue weighted by Gasteiger charge is -2.19. The van der Waals surface area contributed by atoms with Crippen molar-refractivity contribution in [1.82, 2.24) is 5.32 Å². The fourth-order valence-corrected chi connectivity index (χ4v) is 2.41. The Labute approximate surface area is 142 Å². The summed E-state index contributed by atoms with van der Waals surface area (Å²) >= 11 is 0. The quantitative estimate of drug-likeness (QED) is 0.852. The number of carbonyl (C=O) groups is 2. The first-order chi connectivity index (χ1) is 11.4. The molecule has 0 radical (unpaired) electrons. The van der Waals surface area contributed by atoms with Crippen LogP contribution in [0.2, 0.25) is 0 Å². The van der Waals surface area contributed by atoms with E-state index in [1.165, 1.54) is 0 Å². The van der Waals surface area contributed by atoms with Crippen LogP contribution in [0.4, 0.5) is 0 Å². The molecular weight excluding hydrogens is 302 g/mol. The standard InChI is InChI=1S/C20H23NO3/c1-13-9-8-12-18(14(13)2)20(23)24-16(4)19(22)21-15(3)17-10-6-5-7-11-17/h5-12,15-16H,1-4H3,(H,21,22). The van der Waals surface area contributed by atoms with Gasteiger partial charge in [-0.1, -0.05) is 42.5 Å². The first kappa shape index (κ1) is 17.7. The Hall–Kier alpha value is -2.62. The van der Waals surface area contributed by atoms with Crippen molar-refractivity contribution in [2.24, 2.45) is 0 Å². The lowest BCUT2D eigenvalue weighted by molar-refractivity contribution is -0.129. The number of esters is 1. The Kier molecular flexibility index (Phi) is 5.74. The molecule has 0 aliphatic heterocycles. The Morgan fingerprint density at radius 3 is 2.29 bits per heavy atom. The molecule has 2 atom stereocenters. The summed E-state index contributed by atoms with van der Waals surface area (Å²) in [6.07, 6.45) is -0.858. The second-order valence-electron chi connectivity index (χ2n) is 5.94. The van der Waals surface area contributed by atoms with E-state index in [4.69, 9.17) is 4.74 Å². The minimum atomic E-state index is -0.858. The summed E-state index contributed by atoms with van der Waals surface area (Å²) in [5.74, 6) is -0.795. The van der Waals surface area contributed by atoms with Crippen LogP contribution in [-0.2, 0) is 9.53 Å². The molecule has 0 aliphatic carbocycles. The highest BCUT2D eigenvalue weighted by atomic mass is 16.5. The molecule has 2 rings (SSSR count). The topological polar surface area (TPSA) is 55.4 Å². The van der Waals surface area contributed by atoms with Gasteiger partial charge in [-0.2, -0.15) is 0 Å². The van der Waals surface area contributed by atoms with Gasteiger partial charge in [0.25, 0.3) is 5.91 Å². The second kappa shape index (κ2) is 7.77. The van der Waals surface area contributed by atoms with Gasteiger partial charge in [-0.05, 0) is 50.5 Å². The number of benzene rings is 2. The zero-order chi connectivity index (χ0) is 17.7. The van der Waals surface area contributed by atoms with E-state index in [0.717, 1.165) is 16.7 Å². The smallest absolute Gasteiger partial charge is 0.339 e. The van der Waals surface area contributed by atoms with Crippen LogP contribution in [0.3, 0.4) is 0 Å². The average molecular weight is 325 g/mol. The molecule has 4 nitrogen and oxygen atoms in total. The van der Waals surface area contributed by atoms with Gasteiger partial charge in [0.1, 0.15) is 0 Å². The molecule has 24 heavy (non-hydrogen) atoms. The second-order valence-corrected chi connectivity index (χ2v) is 5.94. The lowest BCUT2D eigenvalue weighted by atomic mass is 10.0. The van der Waals surface area contributed by atoms with Crippen LogP contribution in [0.25, 0.3) is 0 Å². The van der Waals surface area contributed by atoms with Gasteiger partial charge in [-0.25, -0.2) is 4.79 Å². The van der Waals surface area contributed by atoms with Gasteiger partial charge in [-0.15, -0.1) is 0 Å². The van der Waals surface area contributed by atoms with Gasteiger partial charge in [-0.3, -0.25) is 4.79 Å². The third kappa shape index (κ3) is 4.22. The van der Waals surface area contributed by atoms with Crippen LogP contribution in [0, 0.1) is 13.8 Å². The van der Waals surface area contributed by atoms with Crippen molar-refractivity contribution in [2.45, 2.75) is 39.8 Å². The van der Waals surface area contributed by atoms with Crippen molar-refractivity contribution in [1.29, 1.82) is 0 Å². The van der Waals surface area contributed by atoms with Crippen LogP contribution in [0.5, 0.6) is 0 Å². The van der Waals surface area contributed by atoms with Crippen LogP contribution < -0.4 is 5.32 Å². The van der Waals surface area contributed by atoms with Crippen LogP contribution in [-0.4, -0.2) is 18.0 Å². The lowest BCUT2D eigenvalue weighted by Crippen LogP contribution is -2.37. The van der Waals surface area contributed by atoms with Gasteiger partial charge < -0.3 is 10.1 Å². The highest BCUT2D eigenvalue weighted by Gasteiger charge is 2.21. The zero-order valence-electron chi connectivity index (χ0n) is 14.5. The maximum Gasteiger partial charge on any atom is 0.339 e. The molecule has 126 valence electrons. The van der Waals surface area contributed by atoms with E-state index < -0.39 is 12.1 Å². The molecule has 1 amide bonds. The van der Waals surface area contributed by atoms with Gasteiger partial charge in [0.05, 0.1) is 11.6 Å². The molecule has 1 N–H and O–H groups in total. The summed E-state index contributed by atoms with van der Waals surface area (Å²) in [6.45, 7) is 7.28. The zero-order valence-corrected chi connectivity index (χ0v) is 14.5. The average Bonchev–Trinajstić information content (AvgIpc) is 2.57. The summed E-state index contributed by atoms with van der Waals surface area (Å²) < 4.78 is 5.32. The molecule has 0 heterocycles. The van der Waals surface area contributed by atoms with Gasteiger partial charge in [0.15, 0.2) is 6.10 Å². The Morgan fingerprint density at radius 2 is 1.62 bits per heavy atom. The number of aryl methyl sites for hydroxylation is 1. The summed E-state index contributed by atoms with van der Waals surface area (Å²) in [5.41, 5.74) is 3.37. The predicted octanol–water partition coefficient (Wildman–Crippen LogP) is 3.73. The van der Waals surface area contributed by atoms with Gasteiger partial charge in [0, 0.05) is 0 Å². The molecule has 0 saturated heterocycles. The first-order valence-electron chi connectivity index (χ1n) is 8.02. The van der Waals surface area contributed by atoms with Crippen molar-refractivity contribution in [3.05, 3.63) is 70.8 Å². The molecule has 0 bridgehead atoms. The Balaban J connectivity index is 1.98. The first-order valence-corrected chi connectivity index (χ1v) is 8.02. The van der Waals surface area contributed by atoms with E-state index >= 15 is 0 Å². The molecule has 0 spiro atoms. The molecule has 0 fully saturated rings. The molecule has 4 heteroatoms. The minimum Gasteiger partial charge on any atom is -0.449 e. The molecule has 0 saturated carbocycles. The summed E-state index contributed by atoms with van der Waals surface area (Å²) in [4.78, 5) is 24.5. The number of rotatable bonds is 5. The van der Waals surface area contributed by atoms with Gasteiger partial charge >= 0.3 is 5.97 Å². The van der Waals surface area contributed by atoms with E-state index in [1.54, 1.807) is 19.1 Å². The van der Waals surface area contributed by atoms with Crippen molar-refractivity contribution in [3.8, 4) is 0 Å². The number of carbonyl (C=O) groups excluding carboxylic acids is 2. The third-order valence-corrected chi connectivity index (χ3v) is 4.14. The SMILES string of the molecule is Cc1cccc(C(=O)OC(C)C(=O)NC(C)c2ccccc2)c1C. The normalized spacial score (nSPS) is 13.0. The minimum absolute atomic E-state index is 0.152. The fourth-order valence-electron chi connectivity index (χ4n) is 2.41. The van der Waals surface area contributed by atoms with E-state index in [9.17, 15) is 9.59 Å². The highest BCUT2D eigenvalue weighted by molar-refractivity contribution is 5.93. The summed E-state index contributed by atoms with van der Waals surface area (Å²) in [5, 5.41) is 2.86. The van der Waals surface area contributed by atoms with Crippen molar-refractivity contribution >= 4 is 11.9 Å². The molecule has 0 aliphatic rings. The number of nitrogens with one attached hydrogen (secondary N) is 1. The molecule has 2 aromatic rings. The molecular formula is C20H23NO3. The van der Waals surface area contributed by atoms with E-state index in [-0.39, 0.29) is 11.9 Å². The third-order valence-electron chi connectivity index (χ3n) is 4.14. The number of amides is 1. The highest BCUT2D eigenvalue weighted by Crippen LogP contribution is 2.15. The van der Waals surface area contributed by atoms with Gasteiger partial charge in [0.2, 0.25) is 0 Å². The molecule has 2 aromatic carbocycles. The van der Waals surface area contributed by atoms with Crippen molar-refractivity contribution < 1.29 is 14.3 Å². The molecule has 2 unspecified atom stereocenters. The van der Waals surface area contributed by atoms with Crippen LogP contribution in [0.15, 0.2) is 48.5 Å². The monoisotopic (exact) mass is 325 g/mol. The largest absolute Gasteiger partial charge is 0.449 e. The van der Waals surface area contributed by atoms with E-state index in [2.05, 4.69) is 5.32 Å². The number of hydrogen-bond donors (Lipinski definition) is 1.